The van der Waals surface area contributed by atoms with Crippen molar-refractivity contribution in [3.05, 3.63) is 61.3 Å². The highest BCUT2D eigenvalue weighted by molar-refractivity contribution is 6.30. The third-order valence-electron chi connectivity index (χ3n) is 4.38. The van der Waals surface area contributed by atoms with Crippen molar-refractivity contribution in [2.45, 2.75) is 32.5 Å². The van der Waals surface area contributed by atoms with Gasteiger partial charge in [-0.15, -0.1) is 0 Å². The zero-order valence-electron chi connectivity index (χ0n) is 14.6. The lowest BCUT2D eigenvalue weighted by Gasteiger charge is -2.37. The molecule has 1 aromatic carbocycles. The van der Waals surface area contributed by atoms with Crippen molar-refractivity contribution in [1.82, 2.24) is 9.55 Å². The minimum absolute atomic E-state index is 0.0235. The molecule has 2 aromatic rings. The molecule has 0 spiro atoms. The molecule has 0 bridgehead atoms. The Morgan fingerprint density at radius 1 is 1.24 bits per heavy atom. The average Bonchev–Trinajstić information content (AvgIpc) is 2.54. The lowest BCUT2D eigenvalue weighted by Crippen LogP contribution is -2.48. The predicted molar refractivity (Wildman–Crippen MR) is 98.8 cm³/mol. The largest absolute Gasteiger partial charge is 0.372 e. The summed E-state index contributed by atoms with van der Waals surface area (Å²) in [5, 5.41) is 0.619. The summed E-state index contributed by atoms with van der Waals surface area (Å²) in [6.07, 6.45) is 0.449. The van der Waals surface area contributed by atoms with E-state index in [9.17, 15) is 9.59 Å². The van der Waals surface area contributed by atoms with Crippen LogP contribution in [0.15, 0.2) is 33.9 Å². The standard InChI is InChI=1S/C18H22ClN3O3/c1-11-9-22(10-12(2)25-11)16-15(17(23)21(3)18(24)20-16)8-13-5-4-6-14(19)7-13/h4-7,11-12H,8-10H2,1-3H3,(H,20,24). The molecule has 0 aliphatic carbocycles. The van der Waals surface area contributed by atoms with E-state index in [1.807, 2.05) is 36.9 Å². The molecule has 0 saturated carbocycles. The summed E-state index contributed by atoms with van der Waals surface area (Å²) in [4.78, 5) is 29.8. The first-order valence-electron chi connectivity index (χ1n) is 8.32. The van der Waals surface area contributed by atoms with E-state index in [1.165, 1.54) is 7.05 Å². The number of nitrogens with one attached hydrogen (secondary N) is 1. The zero-order chi connectivity index (χ0) is 18.1. The first-order chi connectivity index (χ1) is 11.8. The van der Waals surface area contributed by atoms with Gasteiger partial charge in [0.15, 0.2) is 0 Å². The van der Waals surface area contributed by atoms with Crippen LogP contribution in [0.25, 0.3) is 0 Å². The highest BCUT2D eigenvalue weighted by Crippen LogP contribution is 2.22. The predicted octanol–water partition coefficient (Wildman–Crippen LogP) is 1.93. The van der Waals surface area contributed by atoms with Crippen LogP contribution in [0.1, 0.15) is 25.0 Å². The Morgan fingerprint density at radius 2 is 1.92 bits per heavy atom. The third kappa shape index (κ3) is 3.80. The number of ether oxygens (including phenoxy) is 1. The van der Waals surface area contributed by atoms with Gasteiger partial charge in [-0.2, -0.15) is 0 Å². The van der Waals surface area contributed by atoms with Gasteiger partial charge in [-0.1, -0.05) is 23.7 Å². The van der Waals surface area contributed by atoms with Crippen LogP contribution in [-0.2, 0) is 18.2 Å². The maximum Gasteiger partial charge on any atom is 0.329 e. The van der Waals surface area contributed by atoms with E-state index in [0.717, 1.165) is 10.1 Å². The van der Waals surface area contributed by atoms with E-state index >= 15 is 0 Å². The number of H-pyrrole nitrogens is 1. The van der Waals surface area contributed by atoms with E-state index in [0.29, 0.717) is 35.9 Å². The first-order valence-corrected chi connectivity index (χ1v) is 8.70. The van der Waals surface area contributed by atoms with Crippen molar-refractivity contribution in [2.75, 3.05) is 18.0 Å². The Hall–Kier alpha value is -2.05. The summed E-state index contributed by atoms with van der Waals surface area (Å²) in [5.41, 5.74) is 0.782. The number of aromatic amines is 1. The van der Waals surface area contributed by atoms with Crippen LogP contribution in [0.2, 0.25) is 5.02 Å². The molecule has 3 rings (SSSR count). The fraction of sp³-hybridized carbons (Fsp3) is 0.444. The Bertz CT molecular complexity index is 880. The van der Waals surface area contributed by atoms with Gasteiger partial charge in [0.05, 0.1) is 17.8 Å². The second-order valence-electron chi connectivity index (χ2n) is 6.59. The monoisotopic (exact) mass is 363 g/mol. The van der Waals surface area contributed by atoms with Gasteiger partial charge >= 0.3 is 5.69 Å². The number of hydrogen-bond donors (Lipinski definition) is 1. The molecular formula is C18H22ClN3O3. The van der Waals surface area contributed by atoms with Crippen LogP contribution in [-0.4, -0.2) is 34.8 Å². The van der Waals surface area contributed by atoms with Crippen molar-refractivity contribution in [3.8, 4) is 0 Å². The zero-order valence-corrected chi connectivity index (χ0v) is 15.3. The van der Waals surface area contributed by atoms with Crippen LogP contribution in [0.5, 0.6) is 0 Å². The minimum Gasteiger partial charge on any atom is -0.372 e. The van der Waals surface area contributed by atoms with Gasteiger partial charge in [-0.25, -0.2) is 4.79 Å². The molecular weight excluding hydrogens is 342 g/mol. The Kier molecular flexibility index (Phi) is 5.01. The SMILES string of the molecule is CC1CN(c2[nH]c(=O)n(C)c(=O)c2Cc2cccc(Cl)c2)CC(C)O1. The molecule has 7 heteroatoms. The average molecular weight is 364 g/mol. The molecule has 6 nitrogen and oxygen atoms in total. The van der Waals surface area contributed by atoms with Crippen molar-refractivity contribution >= 4 is 17.4 Å². The minimum atomic E-state index is -0.415. The molecule has 2 atom stereocenters. The Morgan fingerprint density at radius 3 is 2.56 bits per heavy atom. The molecule has 25 heavy (non-hydrogen) atoms. The van der Waals surface area contributed by atoms with E-state index < -0.39 is 5.69 Å². The van der Waals surface area contributed by atoms with Crippen molar-refractivity contribution < 1.29 is 4.74 Å². The maximum absolute atomic E-state index is 12.8. The van der Waals surface area contributed by atoms with Gasteiger partial charge in [0.2, 0.25) is 0 Å². The number of nitrogens with zero attached hydrogens (tertiary/aromatic N) is 2. The fourth-order valence-electron chi connectivity index (χ4n) is 3.30. The highest BCUT2D eigenvalue weighted by atomic mass is 35.5. The number of anilines is 1. The van der Waals surface area contributed by atoms with Crippen molar-refractivity contribution in [3.63, 3.8) is 0 Å². The number of aromatic nitrogens is 2. The quantitative estimate of drug-likeness (QED) is 0.904. The molecule has 2 unspecified atom stereocenters. The van der Waals surface area contributed by atoms with E-state index in [1.54, 1.807) is 6.07 Å². The molecule has 1 saturated heterocycles. The van der Waals surface area contributed by atoms with Crippen LogP contribution in [0, 0.1) is 0 Å². The number of halogens is 1. The summed E-state index contributed by atoms with van der Waals surface area (Å²) < 4.78 is 6.87. The van der Waals surface area contributed by atoms with E-state index in [4.69, 9.17) is 16.3 Å². The molecule has 1 aliphatic heterocycles. The summed E-state index contributed by atoms with van der Waals surface area (Å²) in [5.74, 6) is 0.579. The Balaban J connectivity index is 2.08. The molecule has 1 N–H and O–H groups in total. The highest BCUT2D eigenvalue weighted by Gasteiger charge is 2.26. The van der Waals surface area contributed by atoms with Crippen LogP contribution in [0.4, 0.5) is 5.82 Å². The number of morpholine rings is 1. The van der Waals surface area contributed by atoms with Crippen LogP contribution >= 0.6 is 11.6 Å². The van der Waals surface area contributed by atoms with Crippen molar-refractivity contribution in [2.24, 2.45) is 7.05 Å². The van der Waals surface area contributed by atoms with Gasteiger partial charge in [-0.05, 0) is 31.5 Å². The van der Waals surface area contributed by atoms with Gasteiger partial charge < -0.3 is 9.64 Å². The molecule has 0 radical (unpaired) electrons. The molecule has 1 aliphatic rings. The summed E-state index contributed by atoms with van der Waals surface area (Å²) in [6, 6.07) is 7.40. The molecule has 1 fully saturated rings. The number of hydrogen-bond acceptors (Lipinski definition) is 4. The number of rotatable bonds is 3. The maximum atomic E-state index is 12.8. The van der Waals surface area contributed by atoms with Gasteiger partial charge in [0.1, 0.15) is 5.82 Å². The van der Waals surface area contributed by atoms with Crippen LogP contribution < -0.4 is 16.1 Å². The second-order valence-corrected chi connectivity index (χ2v) is 7.03. The van der Waals surface area contributed by atoms with Gasteiger partial charge in [0.25, 0.3) is 5.56 Å². The smallest absolute Gasteiger partial charge is 0.329 e. The molecule has 1 aromatic heterocycles. The second kappa shape index (κ2) is 7.06. The Labute approximate surface area is 151 Å². The molecule has 134 valence electrons. The summed E-state index contributed by atoms with van der Waals surface area (Å²) in [6.45, 7) is 5.21. The normalized spacial score (nSPS) is 20.7. The topological polar surface area (TPSA) is 67.3 Å². The summed E-state index contributed by atoms with van der Waals surface area (Å²) in [7, 11) is 1.48. The first kappa shape index (κ1) is 17.8. The van der Waals surface area contributed by atoms with Gasteiger partial charge in [0, 0.05) is 31.6 Å². The van der Waals surface area contributed by atoms with E-state index in [-0.39, 0.29) is 17.8 Å². The van der Waals surface area contributed by atoms with Crippen molar-refractivity contribution in [1.29, 1.82) is 0 Å². The fourth-order valence-corrected chi connectivity index (χ4v) is 3.51. The number of benzene rings is 1. The van der Waals surface area contributed by atoms with E-state index in [2.05, 4.69) is 4.98 Å². The molecule has 2 heterocycles. The lowest BCUT2D eigenvalue weighted by atomic mass is 10.1. The van der Waals surface area contributed by atoms with Crippen LogP contribution in [0.3, 0.4) is 0 Å². The molecule has 0 amide bonds. The third-order valence-corrected chi connectivity index (χ3v) is 4.62. The lowest BCUT2D eigenvalue weighted by molar-refractivity contribution is -0.00553. The van der Waals surface area contributed by atoms with Gasteiger partial charge in [-0.3, -0.25) is 14.3 Å². The summed E-state index contributed by atoms with van der Waals surface area (Å²) >= 11 is 6.07.